The van der Waals surface area contributed by atoms with Gasteiger partial charge in [0.15, 0.2) is 0 Å². The number of hydrogen-bond donors (Lipinski definition) is 2. The molecule has 2 nitrogen and oxygen atoms in total. The molecule has 1 aromatic carbocycles. The van der Waals surface area contributed by atoms with Crippen LogP contribution >= 0.6 is 0 Å². The van der Waals surface area contributed by atoms with E-state index in [9.17, 15) is 0 Å². The monoisotopic (exact) mass is 191 g/mol. The van der Waals surface area contributed by atoms with Gasteiger partial charge in [0, 0.05) is 6.04 Å². The van der Waals surface area contributed by atoms with Crippen molar-refractivity contribution in [1.29, 1.82) is 0 Å². The Hall–Kier alpha value is -0.860. The van der Waals surface area contributed by atoms with Gasteiger partial charge < -0.3 is 10.4 Å². The fourth-order valence-electron chi connectivity index (χ4n) is 2.00. The first-order chi connectivity index (χ1) is 6.88. The minimum Gasteiger partial charge on any atom is -0.392 e. The van der Waals surface area contributed by atoms with Crippen LogP contribution in [0.2, 0.25) is 0 Å². The summed E-state index contributed by atoms with van der Waals surface area (Å²) in [5.41, 5.74) is 2.36. The van der Waals surface area contributed by atoms with Crippen LogP contribution in [-0.2, 0) is 13.0 Å². The molecule has 1 aliphatic rings. The fourth-order valence-corrected chi connectivity index (χ4v) is 2.00. The minimum atomic E-state index is 0.141. The van der Waals surface area contributed by atoms with E-state index in [2.05, 4.69) is 17.4 Å². The van der Waals surface area contributed by atoms with E-state index < -0.39 is 0 Å². The number of rotatable bonds is 3. The van der Waals surface area contributed by atoms with Gasteiger partial charge in [0.05, 0.1) is 6.61 Å². The highest BCUT2D eigenvalue weighted by Gasteiger charge is 2.13. The first-order valence-electron chi connectivity index (χ1n) is 5.30. The summed E-state index contributed by atoms with van der Waals surface area (Å²) in [4.78, 5) is 0. The molecule has 1 unspecified atom stereocenters. The van der Waals surface area contributed by atoms with Gasteiger partial charge in [-0.05, 0) is 36.9 Å². The van der Waals surface area contributed by atoms with Crippen molar-refractivity contribution >= 4 is 0 Å². The smallest absolute Gasteiger partial charge is 0.0681 e. The second-order valence-electron chi connectivity index (χ2n) is 3.97. The minimum absolute atomic E-state index is 0.141. The Kier molecular flexibility index (Phi) is 3.17. The lowest BCUT2D eigenvalue weighted by Crippen LogP contribution is -2.23. The highest BCUT2D eigenvalue weighted by Crippen LogP contribution is 2.12. The third-order valence-corrected chi connectivity index (χ3v) is 2.85. The van der Waals surface area contributed by atoms with Crippen LogP contribution in [-0.4, -0.2) is 17.7 Å². The molecule has 0 radical (unpaired) electrons. The zero-order valence-corrected chi connectivity index (χ0v) is 8.37. The van der Waals surface area contributed by atoms with Gasteiger partial charge in [0.1, 0.15) is 0 Å². The number of aliphatic hydroxyl groups is 1. The van der Waals surface area contributed by atoms with Gasteiger partial charge in [-0.3, -0.25) is 0 Å². The quantitative estimate of drug-likeness (QED) is 0.758. The fraction of sp³-hybridized carbons (Fsp3) is 0.500. The van der Waals surface area contributed by atoms with Gasteiger partial charge in [-0.25, -0.2) is 0 Å². The van der Waals surface area contributed by atoms with Gasteiger partial charge in [-0.15, -0.1) is 0 Å². The Morgan fingerprint density at radius 1 is 1.21 bits per heavy atom. The molecular weight excluding hydrogens is 174 g/mol. The van der Waals surface area contributed by atoms with E-state index in [-0.39, 0.29) is 6.61 Å². The molecular formula is C12H17NO. The van der Waals surface area contributed by atoms with Crippen molar-refractivity contribution in [2.24, 2.45) is 0 Å². The maximum absolute atomic E-state index is 8.90. The van der Waals surface area contributed by atoms with E-state index in [1.807, 2.05) is 12.1 Å². The van der Waals surface area contributed by atoms with Crippen molar-refractivity contribution in [2.75, 3.05) is 6.54 Å². The second-order valence-corrected chi connectivity index (χ2v) is 3.97. The van der Waals surface area contributed by atoms with Crippen LogP contribution in [0.3, 0.4) is 0 Å². The van der Waals surface area contributed by atoms with Crippen LogP contribution < -0.4 is 5.32 Å². The predicted octanol–water partition coefficient (Wildman–Crippen LogP) is 1.47. The lowest BCUT2D eigenvalue weighted by molar-refractivity contribution is 0.282. The first-order valence-corrected chi connectivity index (χ1v) is 5.30. The Morgan fingerprint density at radius 2 is 1.93 bits per heavy atom. The number of hydrogen-bond acceptors (Lipinski definition) is 2. The Labute approximate surface area is 85.0 Å². The van der Waals surface area contributed by atoms with Gasteiger partial charge in [0.2, 0.25) is 0 Å². The van der Waals surface area contributed by atoms with Crippen molar-refractivity contribution < 1.29 is 5.11 Å². The van der Waals surface area contributed by atoms with Crippen LogP contribution in [0.25, 0.3) is 0 Å². The molecule has 2 heteroatoms. The molecule has 1 atom stereocenters. The van der Waals surface area contributed by atoms with E-state index in [0.717, 1.165) is 12.0 Å². The van der Waals surface area contributed by atoms with Crippen LogP contribution in [0, 0.1) is 0 Å². The van der Waals surface area contributed by atoms with Gasteiger partial charge in [-0.2, -0.15) is 0 Å². The molecule has 1 heterocycles. The molecule has 0 spiro atoms. The maximum Gasteiger partial charge on any atom is 0.0681 e. The molecule has 2 N–H and O–H groups in total. The van der Waals surface area contributed by atoms with Crippen LogP contribution in [0.4, 0.5) is 0 Å². The van der Waals surface area contributed by atoms with Crippen LogP contribution in [0.1, 0.15) is 24.0 Å². The van der Waals surface area contributed by atoms with Gasteiger partial charge >= 0.3 is 0 Å². The number of benzene rings is 1. The molecule has 1 fully saturated rings. The van der Waals surface area contributed by atoms with Crippen molar-refractivity contribution in [3.63, 3.8) is 0 Å². The van der Waals surface area contributed by atoms with E-state index in [0.29, 0.717) is 6.04 Å². The number of aliphatic hydroxyl groups excluding tert-OH is 1. The summed E-state index contributed by atoms with van der Waals surface area (Å²) in [7, 11) is 0. The largest absolute Gasteiger partial charge is 0.392 e. The standard InChI is InChI=1S/C12H17NO/c14-9-11-5-3-10(4-6-11)8-12-2-1-7-13-12/h3-6,12-14H,1-2,7-9H2. The van der Waals surface area contributed by atoms with Crippen LogP contribution in [0.5, 0.6) is 0 Å². The molecule has 1 aliphatic heterocycles. The maximum atomic E-state index is 8.90. The topological polar surface area (TPSA) is 32.3 Å². The number of nitrogens with one attached hydrogen (secondary N) is 1. The molecule has 1 aromatic rings. The predicted molar refractivity (Wildman–Crippen MR) is 57.1 cm³/mol. The molecule has 0 saturated carbocycles. The first kappa shape index (κ1) is 9.69. The SMILES string of the molecule is OCc1ccc(CC2CCCN2)cc1. The molecule has 0 aliphatic carbocycles. The summed E-state index contributed by atoms with van der Waals surface area (Å²) < 4.78 is 0. The third-order valence-electron chi connectivity index (χ3n) is 2.85. The summed E-state index contributed by atoms with van der Waals surface area (Å²) in [6.45, 7) is 1.31. The molecule has 0 amide bonds. The Bertz CT molecular complexity index is 275. The lowest BCUT2D eigenvalue weighted by atomic mass is 10.0. The van der Waals surface area contributed by atoms with Gasteiger partial charge in [0.25, 0.3) is 0 Å². The third kappa shape index (κ3) is 2.34. The van der Waals surface area contributed by atoms with Crippen LogP contribution in [0.15, 0.2) is 24.3 Å². The van der Waals surface area contributed by atoms with Crippen molar-refractivity contribution in [1.82, 2.24) is 5.32 Å². The van der Waals surface area contributed by atoms with E-state index in [4.69, 9.17) is 5.11 Å². The highest BCUT2D eigenvalue weighted by molar-refractivity contribution is 5.22. The second kappa shape index (κ2) is 4.58. The van der Waals surface area contributed by atoms with E-state index >= 15 is 0 Å². The Morgan fingerprint density at radius 3 is 2.50 bits per heavy atom. The summed E-state index contributed by atoms with van der Waals surface area (Å²) in [5.74, 6) is 0. The zero-order chi connectivity index (χ0) is 9.80. The molecule has 0 bridgehead atoms. The Balaban J connectivity index is 1.95. The zero-order valence-electron chi connectivity index (χ0n) is 8.37. The molecule has 76 valence electrons. The van der Waals surface area contributed by atoms with E-state index in [1.165, 1.54) is 24.9 Å². The highest BCUT2D eigenvalue weighted by atomic mass is 16.3. The van der Waals surface area contributed by atoms with Crippen molar-refractivity contribution in [3.05, 3.63) is 35.4 Å². The normalized spacial score (nSPS) is 21.4. The average Bonchev–Trinajstić information content (AvgIpc) is 2.72. The molecule has 14 heavy (non-hydrogen) atoms. The average molecular weight is 191 g/mol. The molecule has 1 saturated heterocycles. The molecule has 0 aromatic heterocycles. The molecule has 2 rings (SSSR count). The summed E-state index contributed by atoms with van der Waals surface area (Å²) in [6, 6.07) is 8.90. The summed E-state index contributed by atoms with van der Waals surface area (Å²) in [6.07, 6.45) is 3.72. The van der Waals surface area contributed by atoms with Crippen molar-refractivity contribution in [2.45, 2.75) is 31.9 Å². The summed E-state index contributed by atoms with van der Waals surface area (Å²) in [5, 5.41) is 12.4. The van der Waals surface area contributed by atoms with Crippen molar-refractivity contribution in [3.8, 4) is 0 Å². The summed E-state index contributed by atoms with van der Waals surface area (Å²) >= 11 is 0. The lowest BCUT2D eigenvalue weighted by Gasteiger charge is -2.09. The van der Waals surface area contributed by atoms with E-state index in [1.54, 1.807) is 0 Å². The van der Waals surface area contributed by atoms with Gasteiger partial charge in [-0.1, -0.05) is 24.3 Å².